The molecule has 2 fully saturated rings. The monoisotopic (exact) mass is 262 g/mol. The van der Waals surface area contributed by atoms with Crippen molar-refractivity contribution in [2.75, 3.05) is 25.5 Å². The van der Waals surface area contributed by atoms with Gasteiger partial charge in [0.25, 0.3) is 0 Å². The quantitative estimate of drug-likeness (QED) is 0.744. The van der Waals surface area contributed by atoms with Gasteiger partial charge < -0.3 is 10.1 Å². The second kappa shape index (κ2) is 6.13. The molecule has 6 heteroatoms. The van der Waals surface area contributed by atoms with Gasteiger partial charge in [-0.2, -0.15) is 0 Å². The molecule has 0 bridgehead atoms. The topological polar surface area (TPSA) is 67.4 Å². The second-order valence-electron chi connectivity index (χ2n) is 4.91. The van der Waals surface area contributed by atoms with Crippen molar-refractivity contribution in [2.24, 2.45) is 0 Å². The van der Waals surface area contributed by atoms with Crippen LogP contribution in [0.4, 0.5) is 0 Å². The van der Waals surface area contributed by atoms with Crippen LogP contribution in [0.25, 0.3) is 0 Å². The first-order valence-electron chi connectivity index (χ1n) is 6.47. The van der Waals surface area contributed by atoms with Gasteiger partial charge in [-0.15, -0.1) is 0 Å². The molecule has 0 aromatic rings. The summed E-state index contributed by atoms with van der Waals surface area (Å²) in [5.41, 5.74) is 0. The standard InChI is InChI=1S/C11H22N2O3S/c14-17(15,9-5-10-2-1-6-12-10)13-11-3-7-16-8-4-11/h10-13H,1-9H2. The van der Waals surface area contributed by atoms with Crippen LogP contribution < -0.4 is 10.0 Å². The molecule has 0 spiro atoms. The van der Waals surface area contributed by atoms with E-state index in [4.69, 9.17) is 4.74 Å². The Hall–Kier alpha value is -0.170. The molecule has 0 aliphatic carbocycles. The maximum absolute atomic E-state index is 11.9. The molecule has 2 saturated heterocycles. The maximum Gasteiger partial charge on any atom is 0.211 e. The lowest BCUT2D eigenvalue weighted by molar-refractivity contribution is 0.0832. The molecular weight excluding hydrogens is 240 g/mol. The number of ether oxygens (including phenoxy) is 1. The van der Waals surface area contributed by atoms with Crippen molar-refractivity contribution in [3.63, 3.8) is 0 Å². The van der Waals surface area contributed by atoms with Gasteiger partial charge in [-0.1, -0.05) is 0 Å². The molecule has 1 unspecified atom stereocenters. The average Bonchev–Trinajstić information content (AvgIpc) is 2.80. The Morgan fingerprint density at radius 2 is 2.00 bits per heavy atom. The van der Waals surface area contributed by atoms with E-state index in [1.54, 1.807) is 0 Å². The van der Waals surface area contributed by atoms with E-state index in [0.717, 1.165) is 38.6 Å². The molecule has 2 aliphatic heterocycles. The first-order chi connectivity index (χ1) is 8.16. The second-order valence-corrected chi connectivity index (χ2v) is 6.78. The molecule has 2 rings (SSSR count). The van der Waals surface area contributed by atoms with Crippen LogP contribution in [0.3, 0.4) is 0 Å². The van der Waals surface area contributed by atoms with E-state index in [9.17, 15) is 8.42 Å². The van der Waals surface area contributed by atoms with Crippen molar-refractivity contribution in [2.45, 2.75) is 44.2 Å². The lowest BCUT2D eigenvalue weighted by Gasteiger charge is -2.23. The fourth-order valence-electron chi connectivity index (χ4n) is 2.43. The minimum Gasteiger partial charge on any atom is -0.381 e. The van der Waals surface area contributed by atoms with Crippen molar-refractivity contribution in [1.82, 2.24) is 10.0 Å². The smallest absolute Gasteiger partial charge is 0.211 e. The molecule has 100 valence electrons. The lowest BCUT2D eigenvalue weighted by atomic mass is 10.1. The Balaban J connectivity index is 1.73. The van der Waals surface area contributed by atoms with Gasteiger partial charge in [0.05, 0.1) is 5.75 Å². The fourth-order valence-corrected chi connectivity index (χ4v) is 3.89. The SMILES string of the molecule is O=S(=O)(CCC1CCCN1)NC1CCOCC1. The van der Waals surface area contributed by atoms with Gasteiger partial charge in [-0.25, -0.2) is 13.1 Å². The largest absolute Gasteiger partial charge is 0.381 e. The number of sulfonamides is 1. The van der Waals surface area contributed by atoms with Crippen LogP contribution in [-0.2, 0) is 14.8 Å². The van der Waals surface area contributed by atoms with E-state index in [1.807, 2.05) is 0 Å². The van der Waals surface area contributed by atoms with E-state index >= 15 is 0 Å². The fraction of sp³-hybridized carbons (Fsp3) is 1.00. The van der Waals surface area contributed by atoms with Gasteiger partial charge >= 0.3 is 0 Å². The maximum atomic E-state index is 11.9. The van der Waals surface area contributed by atoms with Crippen LogP contribution in [-0.4, -0.2) is 46.0 Å². The highest BCUT2D eigenvalue weighted by atomic mass is 32.2. The van der Waals surface area contributed by atoms with Crippen molar-refractivity contribution >= 4 is 10.0 Å². The Morgan fingerprint density at radius 3 is 2.65 bits per heavy atom. The van der Waals surface area contributed by atoms with Crippen LogP contribution in [0.15, 0.2) is 0 Å². The predicted molar refractivity (Wildman–Crippen MR) is 66.4 cm³/mol. The van der Waals surface area contributed by atoms with Crippen molar-refractivity contribution in [3.05, 3.63) is 0 Å². The molecule has 0 radical (unpaired) electrons. The molecule has 0 aromatic carbocycles. The van der Waals surface area contributed by atoms with Crippen LogP contribution in [0.1, 0.15) is 32.1 Å². The molecule has 2 N–H and O–H groups in total. The third-order valence-electron chi connectivity index (χ3n) is 3.46. The zero-order valence-electron chi connectivity index (χ0n) is 10.2. The molecule has 2 heterocycles. The Kier molecular flexibility index (Phi) is 4.78. The van der Waals surface area contributed by atoms with Gasteiger partial charge in [0.1, 0.15) is 0 Å². The van der Waals surface area contributed by atoms with E-state index in [-0.39, 0.29) is 11.8 Å². The molecular formula is C11H22N2O3S. The van der Waals surface area contributed by atoms with Crippen LogP contribution in [0, 0.1) is 0 Å². The number of rotatable bonds is 5. The third-order valence-corrected chi connectivity index (χ3v) is 4.93. The van der Waals surface area contributed by atoms with Gasteiger partial charge in [0, 0.05) is 25.3 Å². The highest BCUT2D eigenvalue weighted by Crippen LogP contribution is 2.11. The van der Waals surface area contributed by atoms with Crippen molar-refractivity contribution in [3.8, 4) is 0 Å². The summed E-state index contributed by atoms with van der Waals surface area (Å²) in [5, 5.41) is 3.32. The van der Waals surface area contributed by atoms with E-state index in [1.165, 1.54) is 0 Å². The molecule has 17 heavy (non-hydrogen) atoms. The third kappa shape index (κ3) is 4.54. The summed E-state index contributed by atoms with van der Waals surface area (Å²) in [4.78, 5) is 0. The van der Waals surface area contributed by atoms with Gasteiger partial charge in [0.2, 0.25) is 10.0 Å². The minimum atomic E-state index is -3.11. The van der Waals surface area contributed by atoms with Gasteiger partial charge in [-0.05, 0) is 38.6 Å². The Morgan fingerprint density at radius 1 is 1.24 bits per heavy atom. The lowest BCUT2D eigenvalue weighted by Crippen LogP contribution is -2.40. The Bertz CT molecular complexity index is 320. The van der Waals surface area contributed by atoms with Crippen LogP contribution >= 0.6 is 0 Å². The minimum absolute atomic E-state index is 0.0743. The normalized spacial score (nSPS) is 27.4. The first kappa shape index (κ1) is 13.3. The first-order valence-corrected chi connectivity index (χ1v) is 8.12. The van der Waals surface area contributed by atoms with Crippen molar-refractivity contribution < 1.29 is 13.2 Å². The zero-order chi connectivity index (χ0) is 12.1. The van der Waals surface area contributed by atoms with Crippen molar-refractivity contribution in [1.29, 1.82) is 0 Å². The summed E-state index contributed by atoms with van der Waals surface area (Å²) in [6.07, 6.45) is 4.57. The highest BCUT2D eigenvalue weighted by Gasteiger charge is 2.22. The van der Waals surface area contributed by atoms with E-state index in [2.05, 4.69) is 10.0 Å². The van der Waals surface area contributed by atoms with E-state index < -0.39 is 10.0 Å². The average molecular weight is 262 g/mol. The molecule has 0 amide bonds. The van der Waals surface area contributed by atoms with Gasteiger partial charge in [0.15, 0.2) is 0 Å². The van der Waals surface area contributed by atoms with Gasteiger partial charge in [-0.3, -0.25) is 0 Å². The summed E-state index contributed by atoms with van der Waals surface area (Å²) in [7, 11) is -3.11. The number of hydrogen-bond donors (Lipinski definition) is 2. The molecule has 0 saturated carbocycles. The number of hydrogen-bond acceptors (Lipinski definition) is 4. The summed E-state index contributed by atoms with van der Waals surface area (Å²) in [6, 6.07) is 0.464. The Labute approximate surface area is 103 Å². The zero-order valence-corrected chi connectivity index (χ0v) is 11.0. The van der Waals surface area contributed by atoms with Crippen LogP contribution in [0.5, 0.6) is 0 Å². The summed E-state index contributed by atoms with van der Waals surface area (Å²) in [6.45, 7) is 2.35. The molecule has 0 aromatic heterocycles. The van der Waals surface area contributed by atoms with E-state index in [0.29, 0.717) is 19.3 Å². The van der Waals surface area contributed by atoms with Crippen LogP contribution in [0.2, 0.25) is 0 Å². The summed E-state index contributed by atoms with van der Waals surface area (Å²) >= 11 is 0. The predicted octanol–water partition coefficient (Wildman–Crippen LogP) is 0.227. The highest BCUT2D eigenvalue weighted by molar-refractivity contribution is 7.89. The molecule has 5 nitrogen and oxygen atoms in total. The molecule has 1 atom stereocenters. The molecule has 2 aliphatic rings. The summed E-state index contributed by atoms with van der Waals surface area (Å²) < 4.78 is 31.7. The number of nitrogens with one attached hydrogen (secondary N) is 2. The summed E-state index contributed by atoms with van der Waals surface area (Å²) in [5.74, 6) is 0.238.